The molecule has 1 aliphatic rings. The van der Waals surface area contributed by atoms with Crippen molar-refractivity contribution in [3.8, 4) is 0 Å². The van der Waals surface area contributed by atoms with Gasteiger partial charge in [-0.15, -0.1) is 0 Å². The summed E-state index contributed by atoms with van der Waals surface area (Å²) < 4.78 is 0. The lowest BCUT2D eigenvalue weighted by Crippen LogP contribution is -2.37. The lowest BCUT2D eigenvalue weighted by Gasteiger charge is -2.35. The topological polar surface area (TPSA) is 26.0 Å². The summed E-state index contributed by atoms with van der Waals surface area (Å²) in [5, 5.41) is 0. The summed E-state index contributed by atoms with van der Waals surface area (Å²) in [7, 11) is 0. The molecule has 2 rings (SSSR count). The van der Waals surface area contributed by atoms with Gasteiger partial charge in [-0.3, -0.25) is 0 Å². The van der Waals surface area contributed by atoms with Crippen LogP contribution in [0.15, 0.2) is 18.2 Å². The predicted molar refractivity (Wildman–Crippen MR) is 83.3 cm³/mol. The molecule has 0 amide bonds. The van der Waals surface area contributed by atoms with Gasteiger partial charge in [-0.05, 0) is 62.0 Å². The van der Waals surface area contributed by atoms with Crippen LogP contribution < -0.4 is 5.73 Å². The van der Waals surface area contributed by atoms with Crippen LogP contribution in [0.1, 0.15) is 49.8 Å². The quantitative estimate of drug-likeness (QED) is 0.863. The van der Waals surface area contributed by atoms with E-state index in [1.807, 2.05) is 0 Å². The average Bonchev–Trinajstić information content (AvgIpc) is 2.37. The van der Waals surface area contributed by atoms with E-state index >= 15 is 0 Å². The Morgan fingerprint density at radius 3 is 2.58 bits per heavy atom. The molecular formula is C18H29N. The van der Waals surface area contributed by atoms with Crippen molar-refractivity contribution in [2.75, 3.05) is 0 Å². The van der Waals surface area contributed by atoms with E-state index in [0.29, 0.717) is 12.0 Å². The molecule has 0 saturated heterocycles. The minimum absolute atomic E-state index is 0.329. The second kappa shape index (κ2) is 6.09. The summed E-state index contributed by atoms with van der Waals surface area (Å²) in [6.07, 6.45) is 5.02. The molecule has 1 saturated carbocycles. The second-order valence-corrected chi connectivity index (χ2v) is 6.83. The summed E-state index contributed by atoms with van der Waals surface area (Å²) in [6, 6.07) is 7.05. The molecule has 1 aliphatic carbocycles. The lowest BCUT2D eigenvalue weighted by atomic mass is 9.72. The zero-order valence-corrected chi connectivity index (χ0v) is 12.9. The molecule has 2 N–H and O–H groups in total. The number of hydrogen-bond donors (Lipinski definition) is 1. The van der Waals surface area contributed by atoms with Gasteiger partial charge in [0, 0.05) is 6.04 Å². The molecular weight excluding hydrogens is 230 g/mol. The fourth-order valence-corrected chi connectivity index (χ4v) is 3.42. The molecule has 1 aromatic rings. The van der Waals surface area contributed by atoms with E-state index in [4.69, 9.17) is 5.73 Å². The van der Waals surface area contributed by atoms with E-state index in [1.165, 1.54) is 36.0 Å². The Kier molecular flexibility index (Phi) is 4.67. The molecule has 1 fully saturated rings. The fraction of sp³-hybridized carbons (Fsp3) is 0.667. The first kappa shape index (κ1) is 14.6. The molecule has 1 aromatic carbocycles. The zero-order chi connectivity index (χ0) is 14.0. The number of aryl methyl sites for hydroxylation is 2. The Bertz CT molecular complexity index is 424. The van der Waals surface area contributed by atoms with Crippen LogP contribution in [0, 0.1) is 31.6 Å². The molecule has 0 aromatic heterocycles. The lowest BCUT2D eigenvalue weighted by molar-refractivity contribution is 0.185. The van der Waals surface area contributed by atoms with Crippen LogP contribution in [0.5, 0.6) is 0 Å². The Balaban J connectivity index is 2.01. The maximum atomic E-state index is 6.51. The Morgan fingerprint density at radius 2 is 1.89 bits per heavy atom. The monoisotopic (exact) mass is 259 g/mol. The molecule has 1 nitrogen and oxygen atoms in total. The van der Waals surface area contributed by atoms with Gasteiger partial charge in [0.05, 0.1) is 0 Å². The number of rotatable bonds is 3. The maximum Gasteiger partial charge on any atom is 0.0108 e. The average molecular weight is 259 g/mol. The smallest absolute Gasteiger partial charge is 0.0108 e. The molecule has 4 unspecified atom stereocenters. The van der Waals surface area contributed by atoms with Crippen LogP contribution in [-0.2, 0) is 6.42 Å². The second-order valence-electron chi connectivity index (χ2n) is 6.83. The maximum absolute atomic E-state index is 6.51. The standard InChI is InChI=1S/C18H29N/c1-12-5-6-14(3)17(9-12)11-18(19)16-8-7-13(2)15(4)10-16/h5-6,9,13,15-16,18H,7-8,10-11,19H2,1-4H3. The van der Waals surface area contributed by atoms with E-state index in [1.54, 1.807) is 0 Å². The van der Waals surface area contributed by atoms with Gasteiger partial charge < -0.3 is 5.73 Å². The summed E-state index contributed by atoms with van der Waals surface area (Å²) in [5.74, 6) is 2.43. The first-order valence-electron chi connectivity index (χ1n) is 7.79. The van der Waals surface area contributed by atoms with E-state index in [0.717, 1.165) is 18.3 Å². The van der Waals surface area contributed by atoms with Gasteiger partial charge in [0.2, 0.25) is 0 Å². The molecule has 106 valence electrons. The van der Waals surface area contributed by atoms with Crippen LogP contribution in [0.25, 0.3) is 0 Å². The van der Waals surface area contributed by atoms with Crippen LogP contribution in [0.4, 0.5) is 0 Å². The Hall–Kier alpha value is -0.820. The molecule has 1 heteroatoms. The van der Waals surface area contributed by atoms with Crippen molar-refractivity contribution < 1.29 is 0 Å². The Labute approximate surface area is 118 Å². The highest BCUT2D eigenvalue weighted by atomic mass is 14.7. The van der Waals surface area contributed by atoms with Crippen molar-refractivity contribution in [2.45, 2.75) is 59.4 Å². The van der Waals surface area contributed by atoms with Gasteiger partial charge in [-0.1, -0.05) is 44.0 Å². The predicted octanol–water partition coefficient (Wildman–Crippen LogP) is 4.25. The zero-order valence-electron chi connectivity index (χ0n) is 12.9. The SMILES string of the molecule is Cc1ccc(C)c(CC(N)C2CCC(C)C(C)C2)c1. The molecule has 19 heavy (non-hydrogen) atoms. The van der Waals surface area contributed by atoms with Crippen LogP contribution in [0.3, 0.4) is 0 Å². The van der Waals surface area contributed by atoms with Gasteiger partial charge in [-0.2, -0.15) is 0 Å². The summed E-state index contributed by atoms with van der Waals surface area (Å²) in [4.78, 5) is 0. The minimum atomic E-state index is 0.329. The highest BCUT2D eigenvalue weighted by Gasteiger charge is 2.28. The van der Waals surface area contributed by atoms with Gasteiger partial charge in [0.1, 0.15) is 0 Å². The molecule has 4 atom stereocenters. The van der Waals surface area contributed by atoms with Crippen molar-refractivity contribution in [2.24, 2.45) is 23.5 Å². The van der Waals surface area contributed by atoms with Gasteiger partial charge in [0.15, 0.2) is 0 Å². The van der Waals surface area contributed by atoms with Crippen LogP contribution in [0.2, 0.25) is 0 Å². The van der Waals surface area contributed by atoms with Crippen molar-refractivity contribution in [3.63, 3.8) is 0 Å². The normalized spacial score (nSPS) is 29.2. The van der Waals surface area contributed by atoms with Gasteiger partial charge >= 0.3 is 0 Å². The molecule has 0 aliphatic heterocycles. The highest BCUT2D eigenvalue weighted by molar-refractivity contribution is 5.31. The summed E-state index contributed by atoms with van der Waals surface area (Å²) in [6.45, 7) is 9.14. The minimum Gasteiger partial charge on any atom is -0.327 e. The third-order valence-corrected chi connectivity index (χ3v) is 5.20. The molecule has 0 radical (unpaired) electrons. The van der Waals surface area contributed by atoms with Crippen molar-refractivity contribution in [3.05, 3.63) is 34.9 Å². The molecule has 0 bridgehead atoms. The Morgan fingerprint density at radius 1 is 1.16 bits per heavy atom. The largest absolute Gasteiger partial charge is 0.327 e. The van der Waals surface area contributed by atoms with Crippen molar-refractivity contribution in [1.29, 1.82) is 0 Å². The van der Waals surface area contributed by atoms with Crippen LogP contribution >= 0.6 is 0 Å². The van der Waals surface area contributed by atoms with E-state index in [-0.39, 0.29) is 0 Å². The van der Waals surface area contributed by atoms with E-state index in [9.17, 15) is 0 Å². The van der Waals surface area contributed by atoms with Crippen molar-refractivity contribution >= 4 is 0 Å². The van der Waals surface area contributed by atoms with Crippen molar-refractivity contribution in [1.82, 2.24) is 0 Å². The number of benzene rings is 1. The third kappa shape index (κ3) is 3.60. The van der Waals surface area contributed by atoms with E-state index < -0.39 is 0 Å². The van der Waals surface area contributed by atoms with Crippen LogP contribution in [-0.4, -0.2) is 6.04 Å². The third-order valence-electron chi connectivity index (χ3n) is 5.20. The first-order chi connectivity index (χ1) is 8.97. The molecule has 0 spiro atoms. The fourth-order valence-electron chi connectivity index (χ4n) is 3.42. The summed E-state index contributed by atoms with van der Waals surface area (Å²) >= 11 is 0. The first-order valence-corrected chi connectivity index (χ1v) is 7.79. The van der Waals surface area contributed by atoms with E-state index in [2.05, 4.69) is 45.9 Å². The van der Waals surface area contributed by atoms with Gasteiger partial charge in [0.25, 0.3) is 0 Å². The summed E-state index contributed by atoms with van der Waals surface area (Å²) in [5.41, 5.74) is 10.7. The molecule has 0 heterocycles. The van der Waals surface area contributed by atoms with Gasteiger partial charge in [-0.25, -0.2) is 0 Å². The highest BCUT2D eigenvalue weighted by Crippen LogP contribution is 2.35. The number of hydrogen-bond acceptors (Lipinski definition) is 1. The number of nitrogens with two attached hydrogens (primary N) is 1.